The van der Waals surface area contributed by atoms with E-state index in [0.29, 0.717) is 30.1 Å². The number of aromatic nitrogens is 5. The van der Waals surface area contributed by atoms with Crippen molar-refractivity contribution >= 4 is 11.6 Å². The average Bonchev–Trinajstić information content (AvgIpc) is 3.31. The predicted molar refractivity (Wildman–Crippen MR) is 112 cm³/mol. The van der Waals surface area contributed by atoms with Gasteiger partial charge in [0.1, 0.15) is 6.54 Å². The summed E-state index contributed by atoms with van der Waals surface area (Å²) in [6.45, 7) is 8.92. The molecule has 4 rings (SSSR count). The van der Waals surface area contributed by atoms with E-state index >= 15 is 0 Å². The van der Waals surface area contributed by atoms with E-state index in [4.69, 9.17) is 0 Å². The number of hydrogen-bond donors (Lipinski definition) is 1. The Labute approximate surface area is 173 Å². The van der Waals surface area contributed by atoms with Gasteiger partial charge in [-0.2, -0.15) is 5.10 Å². The lowest BCUT2D eigenvalue weighted by atomic mass is 9.93. The molecular weight excluding hydrogens is 384 g/mol. The normalized spacial score (nSPS) is 17.1. The molecule has 1 aliphatic rings. The molecule has 158 valence electrons. The zero-order chi connectivity index (χ0) is 21.6. The molecule has 9 heteroatoms. The Morgan fingerprint density at radius 2 is 1.97 bits per heavy atom. The molecule has 4 heterocycles. The Morgan fingerprint density at radius 1 is 1.20 bits per heavy atom. The van der Waals surface area contributed by atoms with Crippen molar-refractivity contribution in [3.05, 3.63) is 62.1 Å². The molecule has 0 spiro atoms. The molecule has 1 fully saturated rings. The van der Waals surface area contributed by atoms with Crippen molar-refractivity contribution in [2.75, 3.05) is 13.1 Å². The van der Waals surface area contributed by atoms with Crippen LogP contribution in [0.3, 0.4) is 0 Å². The van der Waals surface area contributed by atoms with Crippen LogP contribution in [0.5, 0.6) is 0 Å². The van der Waals surface area contributed by atoms with Gasteiger partial charge >= 0.3 is 0 Å². The molecule has 0 bridgehead atoms. The van der Waals surface area contributed by atoms with Gasteiger partial charge in [-0.15, -0.1) is 0 Å². The van der Waals surface area contributed by atoms with Gasteiger partial charge in [0.2, 0.25) is 5.91 Å². The summed E-state index contributed by atoms with van der Waals surface area (Å²) in [6.07, 6.45) is 0.723. The molecule has 1 aliphatic heterocycles. The van der Waals surface area contributed by atoms with Gasteiger partial charge < -0.3 is 4.90 Å². The van der Waals surface area contributed by atoms with Crippen LogP contribution in [0.1, 0.15) is 50.2 Å². The third-order valence-electron chi connectivity index (χ3n) is 5.52. The number of carbonyl (C=O) groups is 1. The van der Waals surface area contributed by atoms with Gasteiger partial charge in [0.05, 0.1) is 11.4 Å². The highest BCUT2D eigenvalue weighted by Crippen LogP contribution is 2.26. The first-order valence-electron chi connectivity index (χ1n) is 10.1. The molecule has 0 aromatic carbocycles. The number of likely N-dealkylation sites (tertiary alicyclic amines) is 1. The van der Waals surface area contributed by atoms with Crippen LogP contribution >= 0.6 is 0 Å². The summed E-state index contributed by atoms with van der Waals surface area (Å²) in [6, 6.07) is 6.49. The van der Waals surface area contributed by atoms with E-state index in [-0.39, 0.29) is 34.9 Å². The maximum absolute atomic E-state index is 12.7. The molecule has 0 saturated carbocycles. The number of carbonyl (C=O) groups excluding carboxylic acids is 1. The second-order valence-electron chi connectivity index (χ2n) is 8.93. The molecular formula is C21H26N6O3. The molecule has 0 unspecified atom stereocenters. The number of H-pyrrole nitrogens is 1. The second-order valence-corrected chi connectivity index (χ2v) is 8.93. The molecule has 3 aromatic rings. The first kappa shape index (κ1) is 20.1. The quantitative estimate of drug-likeness (QED) is 0.699. The Bertz CT molecular complexity index is 1230. The molecule has 0 aliphatic carbocycles. The van der Waals surface area contributed by atoms with E-state index in [9.17, 15) is 14.4 Å². The fraction of sp³-hybridized carbons (Fsp3) is 0.476. The number of amides is 1. The van der Waals surface area contributed by atoms with Crippen LogP contribution in [0.15, 0.2) is 33.9 Å². The monoisotopic (exact) mass is 410 g/mol. The van der Waals surface area contributed by atoms with E-state index in [2.05, 4.69) is 36.0 Å². The van der Waals surface area contributed by atoms with Crippen LogP contribution < -0.4 is 11.1 Å². The molecule has 3 aromatic heterocycles. The van der Waals surface area contributed by atoms with Gasteiger partial charge in [0, 0.05) is 48.3 Å². The Balaban J connectivity index is 1.53. The van der Waals surface area contributed by atoms with Gasteiger partial charge in [-0.1, -0.05) is 20.8 Å². The Hall–Kier alpha value is -3.23. The third kappa shape index (κ3) is 3.79. The second kappa shape index (κ2) is 7.23. The molecule has 1 N–H and O–H groups in total. The van der Waals surface area contributed by atoms with Gasteiger partial charge in [0.15, 0.2) is 5.65 Å². The number of fused-ring (bicyclic) bond motifs is 1. The van der Waals surface area contributed by atoms with Crippen LogP contribution in [0, 0.1) is 6.92 Å². The van der Waals surface area contributed by atoms with Crippen LogP contribution in [-0.2, 0) is 16.8 Å². The SMILES string of the molecule is Cc1ccc(=O)n(CC(=O)N2CC[C@H](c3cc(=O)n4[nH]c(C(C)(C)C)cc4n3)C2)n1. The summed E-state index contributed by atoms with van der Waals surface area (Å²) in [5.74, 6) is -0.172. The molecule has 0 radical (unpaired) electrons. The highest BCUT2D eigenvalue weighted by atomic mass is 16.2. The lowest BCUT2D eigenvalue weighted by Gasteiger charge is -2.17. The molecule has 1 atom stereocenters. The zero-order valence-corrected chi connectivity index (χ0v) is 17.7. The molecule has 9 nitrogen and oxygen atoms in total. The minimum Gasteiger partial charge on any atom is -0.340 e. The number of aryl methyl sites for hydroxylation is 1. The number of nitrogens with zero attached hydrogens (tertiary/aromatic N) is 5. The van der Waals surface area contributed by atoms with Crippen LogP contribution in [0.4, 0.5) is 0 Å². The first-order valence-corrected chi connectivity index (χ1v) is 10.1. The minimum absolute atomic E-state index is 0.0122. The summed E-state index contributed by atoms with van der Waals surface area (Å²) in [5.41, 5.74) is 2.31. The minimum atomic E-state index is -0.299. The Morgan fingerprint density at radius 3 is 2.70 bits per heavy atom. The first-order chi connectivity index (χ1) is 14.1. The molecule has 1 saturated heterocycles. The maximum atomic E-state index is 12.7. The van der Waals surface area contributed by atoms with Crippen molar-refractivity contribution in [1.82, 2.24) is 29.3 Å². The highest BCUT2D eigenvalue weighted by Gasteiger charge is 2.29. The molecule has 1 amide bonds. The smallest absolute Gasteiger partial charge is 0.272 e. The topological polar surface area (TPSA) is 105 Å². The van der Waals surface area contributed by atoms with Crippen molar-refractivity contribution in [2.24, 2.45) is 0 Å². The lowest BCUT2D eigenvalue weighted by molar-refractivity contribution is -0.131. The maximum Gasteiger partial charge on any atom is 0.272 e. The summed E-state index contributed by atoms with van der Waals surface area (Å²) in [4.78, 5) is 43.6. The van der Waals surface area contributed by atoms with E-state index < -0.39 is 0 Å². The van der Waals surface area contributed by atoms with E-state index in [1.54, 1.807) is 24.0 Å². The van der Waals surface area contributed by atoms with E-state index in [1.807, 2.05) is 6.07 Å². The van der Waals surface area contributed by atoms with Gasteiger partial charge in [0.25, 0.3) is 11.1 Å². The highest BCUT2D eigenvalue weighted by molar-refractivity contribution is 5.76. The van der Waals surface area contributed by atoms with Gasteiger partial charge in [-0.05, 0) is 19.4 Å². The fourth-order valence-electron chi connectivity index (χ4n) is 3.72. The van der Waals surface area contributed by atoms with Crippen molar-refractivity contribution in [2.45, 2.75) is 52.0 Å². The number of aromatic amines is 1. The van der Waals surface area contributed by atoms with Crippen molar-refractivity contribution < 1.29 is 4.79 Å². The van der Waals surface area contributed by atoms with Crippen molar-refractivity contribution in [3.8, 4) is 0 Å². The van der Waals surface area contributed by atoms with E-state index in [1.165, 1.54) is 15.3 Å². The number of nitrogens with one attached hydrogen (secondary N) is 1. The Kier molecular flexibility index (Phi) is 4.83. The van der Waals surface area contributed by atoms with Gasteiger partial charge in [-0.3, -0.25) is 19.5 Å². The summed E-state index contributed by atoms with van der Waals surface area (Å²) < 4.78 is 2.65. The summed E-state index contributed by atoms with van der Waals surface area (Å²) in [5, 5.41) is 7.25. The summed E-state index contributed by atoms with van der Waals surface area (Å²) in [7, 11) is 0. The average molecular weight is 410 g/mol. The zero-order valence-electron chi connectivity index (χ0n) is 17.7. The standard InChI is InChI=1S/C21H26N6O3/c1-13-5-6-18(28)26(23-13)12-20(30)25-8-7-14(11-25)15-9-19(29)27-17(22-15)10-16(24-27)21(2,3)4/h5-6,9-10,14,24H,7-8,11-12H2,1-4H3/t14-/m0/s1. The fourth-order valence-corrected chi connectivity index (χ4v) is 3.72. The van der Waals surface area contributed by atoms with Crippen molar-refractivity contribution in [3.63, 3.8) is 0 Å². The van der Waals surface area contributed by atoms with E-state index in [0.717, 1.165) is 12.1 Å². The number of rotatable bonds is 3. The summed E-state index contributed by atoms with van der Waals surface area (Å²) >= 11 is 0. The van der Waals surface area contributed by atoms with Crippen LogP contribution in [0.25, 0.3) is 5.65 Å². The number of hydrogen-bond acceptors (Lipinski definition) is 5. The largest absolute Gasteiger partial charge is 0.340 e. The van der Waals surface area contributed by atoms with Crippen LogP contribution in [-0.4, -0.2) is 48.3 Å². The van der Waals surface area contributed by atoms with Crippen molar-refractivity contribution in [1.29, 1.82) is 0 Å². The lowest BCUT2D eigenvalue weighted by Crippen LogP contribution is -2.36. The molecule has 30 heavy (non-hydrogen) atoms. The predicted octanol–water partition coefficient (Wildman–Crippen LogP) is 1.20. The van der Waals surface area contributed by atoms with Crippen LogP contribution in [0.2, 0.25) is 0 Å². The van der Waals surface area contributed by atoms with Gasteiger partial charge in [-0.25, -0.2) is 14.2 Å². The third-order valence-corrected chi connectivity index (χ3v) is 5.52.